The molecule has 1 fully saturated rings. The zero-order valence-corrected chi connectivity index (χ0v) is 17.3. The number of hydrogen-bond acceptors (Lipinski definition) is 3. The minimum atomic E-state index is 0.0399. The zero-order valence-electron chi connectivity index (χ0n) is 17.3. The predicted octanol–water partition coefficient (Wildman–Crippen LogP) is 5.37. The van der Waals surface area contributed by atoms with Crippen molar-refractivity contribution in [2.75, 3.05) is 26.2 Å². The summed E-state index contributed by atoms with van der Waals surface area (Å²) in [6, 6.07) is 12.0. The van der Waals surface area contributed by atoms with Crippen molar-refractivity contribution < 1.29 is 9.53 Å². The first kappa shape index (κ1) is 20.3. The van der Waals surface area contributed by atoms with Crippen LogP contribution in [-0.2, 0) is 0 Å². The van der Waals surface area contributed by atoms with E-state index < -0.39 is 0 Å². The molecule has 0 amide bonds. The fourth-order valence-corrected chi connectivity index (χ4v) is 3.89. The lowest BCUT2D eigenvalue weighted by Gasteiger charge is -2.26. The number of ether oxygens (including phenoxy) is 1. The van der Waals surface area contributed by atoms with Crippen LogP contribution in [0.5, 0.6) is 5.75 Å². The number of likely N-dealkylation sites (tertiary alicyclic amines) is 1. The van der Waals surface area contributed by atoms with E-state index in [9.17, 15) is 4.79 Å². The molecule has 3 heteroatoms. The van der Waals surface area contributed by atoms with Crippen LogP contribution in [0.2, 0.25) is 0 Å². The number of rotatable bonds is 7. The molecule has 0 saturated carbocycles. The van der Waals surface area contributed by atoms with Crippen LogP contribution in [0.25, 0.3) is 6.08 Å². The van der Waals surface area contributed by atoms with Gasteiger partial charge in [0.1, 0.15) is 12.4 Å². The Morgan fingerprint density at radius 1 is 1.00 bits per heavy atom. The molecular weight excluding hydrogens is 346 g/mol. The third kappa shape index (κ3) is 5.32. The molecule has 1 saturated heterocycles. The van der Waals surface area contributed by atoms with E-state index in [1.54, 1.807) is 6.08 Å². The molecule has 2 aromatic carbocycles. The van der Waals surface area contributed by atoms with E-state index in [-0.39, 0.29) is 5.78 Å². The van der Waals surface area contributed by atoms with E-state index in [0.717, 1.165) is 40.1 Å². The Morgan fingerprint density at radius 2 is 1.68 bits per heavy atom. The highest BCUT2D eigenvalue weighted by atomic mass is 16.5. The Hall–Kier alpha value is -2.39. The Kier molecular flexibility index (Phi) is 7.05. The van der Waals surface area contributed by atoms with Crippen molar-refractivity contribution in [1.82, 2.24) is 4.90 Å². The molecule has 0 spiro atoms. The van der Waals surface area contributed by atoms with Crippen LogP contribution in [0, 0.1) is 20.8 Å². The first-order chi connectivity index (χ1) is 13.5. The van der Waals surface area contributed by atoms with E-state index in [2.05, 4.69) is 17.9 Å². The Balaban J connectivity index is 1.64. The number of ketones is 1. The molecule has 1 aliphatic rings. The molecule has 0 bridgehead atoms. The average Bonchev–Trinajstić information content (AvgIpc) is 2.68. The van der Waals surface area contributed by atoms with Gasteiger partial charge in [-0.15, -0.1) is 0 Å². The van der Waals surface area contributed by atoms with Crippen molar-refractivity contribution in [1.29, 1.82) is 0 Å². The molecule has 0 unspecified atom stereocenters. The number of carbonyl (C=O) groups is 1. The Labute approximate surface area is 169 Å². The van der Waals surface area contributed by atoms with Crippen LogP contribution in [0.15, 0.2) is 42.5 Å². The standard InChI is InChI=1S/C25H31NO2/c1-19-9-5-6-10-22(19)11-12-24(27)25-20(2)17-23(18-21(25)3)28-16-15-26-13-7-4-8-14-26/h5-6,9-12,17-18H,4,7-8,13-16H2,1-3H3/b12-11+. The third-order valence-corrected chi connectivity index (χ3v) is 5.48. The molecule has 0 aromatic heterocycles. The fraction of sp³-hybridized carbons (Fsp3) is 0.400. The van der Waals surface area contributed by atoms with Gasteiger partial charge in [-0.25, -0.2) is 0 Å². The summed E-state index contributed by atoms with van der Waals surface area (Å²) in [5.41, 5.74) is 4.94. The second-order valence-electron chi connectivity index (χ2n) is 7.74. The quantitative estimate of drug-likeness (QED) is 0.480. The Bertz CT molecular complexity index is 824. The van der Waals surface area contributed by atoms with Gasteiger partial charge in [-0.1, -0.05) is 36.8 Å². The summed E-state index contributed by atoms with van der Waals surface area (Å²) < 4.78 is 5.98. The average molecular weight is 378 g/mol. The molecule has 3 rings (SSSR count). The van der Waals surface area contributed by atoms with Gasteiger partial charge >= 0.3 is 0 Å². The summed E-state index contributed by atoms with van der Waals surface area (Å²) in [7, 11) is 0. The summed E-state index contributed by atoms with van der Waals surface area (Å²) in [5, 5.41) is 0. The smallest absolute Gasteiger partial charge is 0.186 e. The largest absolute Gasteiger partial charge is 0.492 e. The maximum atomic E-state index is 12.8. The third-order valence-electron chi connectivity index (χ3n) is 5.48. The molecule has 1 heterocycles. The highest BCUT2D eigenvalue weighted by Crippen LogP contribution is 2.23. The molecule has 0 N–H and O–H groups in total. The van der Waals surface area contributed by atoms with E-state index in [0.29, 0.717) is 6.61 Å². The lowest BCUT2D eigenvalue weighted by Crippen LogP contribution is -2.33. The molecular formula is C25H31NO2. The van der Waals surface area contributed by atoms with Crippen LogP contribution >= 0.6 is 0 Å². The normalized spacial score (nSPS) is 15.1. The molecule has 0 radical (unpaired) electrons. The van der Waals surface area contributed by atoms with Gasteiger partial charge in [0.15, 0.2) is 5.78 Å². The van der Waals surface area contributed by atoms with Gasteiger partial charge in [-0.3, -0.25) is 9.69 Å². The first-order valence-corrected chi connectivity index (χ1v) is 10.3. The topological polar surface area (TPSA) is 29.5 Å². The van der Waals surface area contributed by atoms with Crippen LogP contribution in [0.3, 0.4) is 0 Å². The van der Waals surface area contributed by atoms with Crippen molar-refractivity contribution in [3.8, 4) is 5.75 Å². The van der Waals surface area contributed by atoms with E-state index in [1.807, 2.05) is 50.3 Å². The van der Waals surface area contributed by atoms with Gasteiger partial charge < -0.3 is 4.74 Å². The number of benzene rings is 2. The molecule has 28 heavy (non-hydrogen) atoms. The number of aryl methyl sites for hydroxylation is 3. The van der Waals surface area contributed by atoms with E-state index in [4.69, 9.17) is 4.74 Å². The summed E-state index contributed by atoms with van der Waals surface area (Å²) in [4.78, 5) is 15.2. The summed E-state index contributed by atoms with van der Waals surface area (Å²) in [6.45, 7) is 10.1. The first-order valence-electron chi connectivity index (χ1n) is 10.3. The molecule has 2 aromatic rings. The minimum Gasteiger partial charge on any atom is -0.492 e. The molecule has 1 aliphatic heterocycles. The van der Waals surface area contributed by atoms with Gasteiger partial charge in [0.05, 0.1) is 0 Å². The van der Waals surface area contributed by atoms with Crippen LogP contribution in [0.4, 0.5) is 0 Å². The maximum absolute atomic E-state index is 12.8. The molecule has 3 nitrogen and oxygen atoms in total. The number of piperidine rings is 1. The second-order valence-corrected chi connectivity index (χ2v) is 7.74. The van der Waals surface area contributed by atoms with Gasteiger partial charge in [0.2, 0.25) is 0 Å². The number of nitrogens with zero attached hydrogens (tertiary/aromatic N) is 1. The second kappa shape index (κ2) is 9.70. The molecule has 148 valence electrons. The lowest BCUT2D eigenvalue weighted by molar-refractivity contribution is 0.104. The fourth-order valence-electron chi connectivity index (χ4n) is 3.89. The van der Waals surface area contributed by atoms with Crippen LogP contribution in [0.1, 0.15) is 51.9 Å². The minimum absolute atomic E-state index is 0.0399. The summed E-state index contributed by atoms with van der Waals surface area (Å²) in [5.74, 6) is 0.893. The number of hydrogen-bond donors (Lipinski definition) is 0. The van der Waals surface area contributed by atoms with Crippen molar-refractivity contribution in [2.45, 2.75) is 40.0 Å². The monoisotopic (exact) mass is 377 g/mol. The number of carbonyl (C=O) groups excluding carboxylic acids is 1. The predicted molar refractivity (Wildman–Crippen MR) is 116 cm³/mol. The van der Waals surface area contributed by atoms with Crippen molar-refractivity contribution in [3.05, 3.63) is 70.3 Å². The van der Waals surface area contributed by atoms with Crippen molar-refractivity contribution >= 4 is 11.9 Å². The van der Waals surface area contributed by atoms with E-state index >= 15 is 0 Å². The zero-order chi connectivity index (χ0) is 19.9. The SMILES string of the molecule is Cc1ccccc1/C=C/C(=O)c1c(C)cc(OCCN2CCCCC2)cc1C. The summed E-state index contributed by atoms with van der Waals surface area (Å²) in [6.07, 6.45) is 7.52. The van der Waals surface area contributed by atoms with Gasteiger partial charge in [0.25, 0.3) is 0 Å². The Morgan fingerprint density at radius 3 is 2.36 bits per heavy atom. The number of allylic oxidation sites excluding steroid dienone is 1. The van der Waals surface area contributed by atoms with Gasteiger partial charge in [0, 0.05) is 12.1 Å². The van der Waals surface area contributed by atoms with E-state index in [1.165, 1.54) is 32.4 Å². The van der Waals surface area contributed by atoms with Gasteiger partial charge in [-0.05, 0) is 87.2 Å². The van der Waals surface area contributed by atoms with Crippen molar-refractivity contribution in [3.63, 3.8) is 0 Å². The molecule has 0 aliphatic carbocycles. The van der Waals surface area contributed by atoms with Crippen molar-refractivity contribution in [2.24, 2.45) is 0 Å². The van der Waals surface area contributed by atoms with Gasteiger partial charge in [-0.2, -0.15) is 0 Å². The highest BCUT2D eigenvalue weighted by molar-refractivity contribution is 6.08. The highest BCUT2D eigenvalue weighted by Gasteiger charge is 2.13. The molecule has 0 atom stereocenters. The van der Waals surface area contributed by atoms with Crippen LogP contribution in [-0.4, -0.2) is 36.9 Å². The lowest BCUT2D eigenvalue weighted by atomic mass is 9.97. The maximum Gasteiger partial charge on any atom is 0.186 e. The summed E-state index contributed by atoms with van der Waals surface area (Å²) >= 11 is 0. The van der Waals surface area contributed by atoms with Crippen LogP contribution < -0.4 is 4.74 Å².